The Labute approximate surface area is 139 Å². The molecule has 2 rings (SSSR count). The largest absolute Gasteiger partial charge is 0.243 e. The molecule has 130 valence electrons. The van der Waals surface area contributed by atoms with Crippen molar-refractivity contribution in [2.45, 2.75) is 45.1 Å². The van der Waals surface area contributed by atoms with Crippen molar-refractivity contribution in [1.82, 2.24) is 4.31 Å². The first-order valence-corrected chi connectivity index (χ1v) is 11.1. The number of nitrogens with zero attached hydrogens (tertiary/aromatic N) is 1. The van der Waals surface area contributed by atoms with E-state index in [2.05, 4.69) is 0 Å². The van der Waals surface area contributed by atoms with Crippen LogP contribution < -0.4 is 0 Å². The van der Waals surface area contributed by atoms with E-state index < -0.39 is 25.9 Å². The van der Waals surface area contributed by atoms with Crippen molar-refractivity contribution < 1.29 is 16.8 Å². The minimum Gasteiger partial charge on any atom is -0.229 e. The molecule has 1 saturated heterocycles. The molecule has 1 unspecified atom stereocenters. The number of aryl methyl sites for hydroxylation is 2. The lowest BCUT2D eigenvalue weighted by Gasteiger charge is -2.29. The van der Waals surface area contributed by atoms with Gasteiger partial charge >= 0.3 is 0 Å². The van der Waals surface area contributed by atoms with Crippen LogP contribution in [0.4, 0.5) is 0 Å². The van der Waals surface area contributed by atoms with Crippen molar-refractivity contribution in [3.63, 3.8) is 0 Å². The van der Waals surface area contributed by atoms with Gasteiger partial charge < -0.3 is 0 Å². The van der Waals surface area contributed by atoms with Crippen molar-refractivity contribution in [2.75, 3.05) is 18.1 Å². The van der Waals surface area contributed by atoms with Gasteiger partial charge in [0.05, 0.1) is 16.4 Å². The third kappa shape index (κ3) is 4.14. The van der Waals surface area contributed by atoms with Crippen molar-refractivity contribution >= 4 is 19.9 Å². The van der Waals surface area contributed by atoms with Crippen LogP contribution in [-0.2, 0) is 19.9 Å². The van der Waals surface area contributed by atoms with Gasteiger partial charge in [0.1, 0.15) is 0 Å². The van der Waals surface area contributed by atoms with Crippen LogP contribution in [0.25, 0.3) is 0 Å². The molecule has 1 heterocycles. The van der Waals surface area contributed by atoms with Gasteiger partial charge in [-0.25, -0.2) is 16.8 Å². The molecule has 0 aliphatic carbocycles. The van der Waals surface area contributed by atoms with Gasteiger partial charge in [-0.2, -0.15) is 4.31 Å². The third-order valence-electron chi connectivity index (χ3n) is 4.25. The quantitative estimate of drug-likeness (QED) is 0.807. The molecule has 0 aromatic heterocycles. The van der Waals surface area contributed by atoms with Gasteiger partial charge in [-0.05, 0) is 49.4 Å². The molecule has 1 aliphatic rings. The summed E-state index contributed by atoms with van der Waals surface area (Å²) in [6, 6.07) is 4.60. The zero-order valence-electron chi connectivity index (χ0n) is 14.1. The summed E-state index contributed by atoms with van der Waals surface area (Å²) in [5.41, 5.74) is 1.94. The lowest BCUT2D eigenvalue weighted by atomic mass is 10.1. The van der Waals surface area contributed by atoms with Crippen molar-refractivity contribution in [2.24, 2.45) is 5.92 Å². The van der Waals surface area contributed by atoms with E-state index in [0.717, 1.165) is 11.1 Å². The van der Waals surface area contributed by atoms with Crippen LogP contribution in [-0.4, -0.2) is 45.2 Å². The minimum absolute atomic E-state index is 0.0642. The first-order valence-electron chi connectivity index (χ1n) is 7.82. The summed E-state index contributed by atoms with van der Waals surface area (Å²) in [5, 5.41) is 0. The lowest BCUT2D eigenvalue weighted by molar-refractivity contribution is 0.308. The topological polar surface area (TPSA) is 71.5 Å². The van der Waals surface area contributed by atoms with E-state index in [1.165, 1.54) is 4.31 Å². The number of benzene rings is 1. The molecular weight excluding hydrogens is 334 g/mol. The van der Waals surface area contributed by atoms with Gasteiger partial charge in [-0.1, -0.05) is 19.9 Å². The number of sulfone groups is 1. The Bertz CT molecular complexity index is 782. The van der Waals surface area contributed by atoms with Gasteiger partial charge in [-0.15, -0.1) is 0 Å². The highest BCUT2D eigenvalue weighted by Gasteiger charge is 2.39. The fraction of sp³-hybridized carbons (Fsp3) is 0.625. The van der Waals surface area contributed by atoms with Crippen molar-refractivity contribution in [3.8, 4) is 0 Å². The highest BCUT2D eigenvalue weighted by molar-refractivity contribution is 7.92. The van der Waals surface area contributed by atoms with E-state index in [0.29, 0.717) is 13.0 Å². The average molecular weight is 360 g/mol. The van der Waals surface area contributed by atoms with Gasteiger partial charge in [-0.3, -0.25) is 0 Å². The summed E-state index contributed by atoms with van der Waals surface area (Å²) in [6.45, 7) is 8.01. The second-order valence-corrected chi connectivity index (χ2v) is 10.9. The molecule has 0 N–H and O–H groups in total. The van der Waals surface area contributed by atoms with E-state index in [-0.39, 0.29) is 22.3 Å². The van der Waals surface area contributed by atoms with E-state index in [9.17, 15) is 16.8 Å². The summed E-state index contributed by atoms with van der Waals surface area (Å²) >= 11 is 0. The summed E-state index contributed by atoms with van der Waals surface area (Å²) in [4.78, 5) is 0.241. The van der Waals surface area contributed by atoms with Gasteiger partial charge in [0.15, 0.2) is 9.84 Å². The lowest BCUT2D eigenvalue weighted by Crippen LogP contribution is -2.43. The van der Waals surface area contributed by atoms with Crippen LogP contribution in [0.3, 0.4) is 0 Å². The number of hydrogen-bond acceptors (Lipinski definition) is 4. The van der Waals surface area contributed by atoms with Gasteiger partial charge in [0.2, 0.25) is 10.0 Å². The molecule has 0 saturated carbocycles. The standard InChI is InChI=1S/C16H25NO4S2/c1-12(2)10-17(15-7-8-22(18,19)11-15)23(20,21)16-6-5-13(3)14(4)9-16/h5-6,9,12,15H,7-8,10-11H2,1-4H3. The minimum atomic E-state index is -3.70. The predicted octanol–water partition coefficient (Wildman–Crippen LogP) is 2.14. The number of sulfonamides is 1. The summed E-state index contributed by atoms with van der Waals surface area (Å²) in [5.74, 6) is 0.109. The molecule has 23 heavy (non-hydrogen) atoms. The average Bonchev–Trinajstić information content (AvgIpc) is 2.78. The summed E-state index contributed by atoms with van der Waals surface area (Å²) in [7, 11) is -6.84. The molecule has 1 aromatic rings. The molecule has 0 spiro atoms. The molecule has 1 aromatic carbocycles. The predicted molar refractivity (Wildman–Crippen MR) is 91.7 cm³/mol. The number of hydrogen-bond donors (Lipinski definition) is 0. The van der Waals surface area contributed by atoms with Crippen LogP contribution in [0.2, 0.25) is 0 Å². The maximum Gasteiger partial charge on any atom is 0.243 e. The Balaban J connectivity index is 2.43. The van der Waals surface area contributed by atoms with Crippen LogP contribution >= 0.6 is 0 Å². The maximum absolute atomic E-state index is 13.1. The smallest absolute Gasteiger partial charge is 0.229 e. The third-order valence-corrected chi connectivity index (χ3v) is 7.91. The van der Waals surface area contributed by atoms with Crippen LogP contribution in [0, 0.1) is 19.8 Å². The van der Waals surface area contributed by atoms with E-state index >= 15 is 0 Å². The molecule has 1 fully saturated rings. The van der Waals surface area contributed by atoms with Gasteiger partial charge in [0, 0.05) is 12.6 Å². The molecule has 5 nitrogen and oxygen atoms in total. The first-order chi connectivity index (χ1) is 10.5. The molecule has 0 radical (unpaired) electrons. The second kappa shape index (κ2) is 6.53. The van der Waals surface area contributed by atoms with E-state index in [1.54, 1.807) is 18.2 Å². The van der Waals surface area contributed by atoms with Crippen LogP contribution in [0.1, 0.15) is 31.4 Å². The van der Waals surface area contributed by atoms with E-state index in [4.69, 9.17) is 0 Å². The number of rotatable bonds is 5. The molecule has 0 bridgehead atoms. The maximum atomic E-state index is 13.1. The molecular formula is C16H25NO4S2. The monoisotopic (exact) mass is 359 g/mol. The zero-order valence-corrected chi connectivity index (χ0v) is 15.7. The second-order valence-electron chi connectivity index (χ2n) is 6.77. The Morgan fingerprint density at radius 1 is 1.22 bits per heavy atom. The normalized spacial score (nSPS) is 21.2. The van der Waals surface area contributed by atoms with Gasteiger partial charge in [0.25, 0.3) is 0 Å². The highest BCUT2D eigenvalue weighted by atomic mass is 32.2. The molecule has 1 atom stereocenters. The highest BCUT2D eigenvalue weighted by Crippen LogP contribution is 2.27. The SMILES string of the molecule is Cc1ccc(S(=O)(=O)N(CC(C)C)C2CCS(=O)(=O)C2)cc1C. The molecule has 0 amide bonds. The van der Waals surface area contributed by atoms with Crippen LogP contribution in [0.15, 0.2) is 23.1 Å². The Morgan fingerprint density at radius 2 is 1.87 bits per heavy atom. The summed E-state index contributed by atoms with van der Waals surface area (Å²) in [6.07, 6.45) is 0.374. The fourth-order valence-electron chi connectivity index (χ4n) is 2.82. The Morgan fingerprint density at radius 3 is 2.35 bits per heavy atom. The van der Waals surface area contributed by atoms with Crippen LogP contribution in [0.5, 0.6) is 0 Å². The van der Waals surface area contributed by atoms with Crippen molar-refractivity contribution in [1.29, 1.82) is 0 Å². The molecule has 1 aliphatic heterocycles. The Hall–Kier alpha value is -0.920. The first kappa shape index (κ1) is 18.4. The van der Waals surface area contributed by atoms with Crippen molar-refractivity contribution in [3.05, 3.63) is 29.3 Å². The van der Waals surface area contributed by atoms with E-state index in [1.807, 2.05) is 27.7 Å². The zero-order chi connectivity index (χ0) is 17.4. The molecule has 7 heteroatoms. The summed E-state index contributed by atoms with van der Waals surface area (Å²) < 4.78 is 51.1. The fourth-order valence-corrected chi connectivity index (χ4v) is 6.54. The Kier molecular flexibility index (Phi) is 5.23.